The minimum absolute atomic E-state index is 0.0848. The van der Waals surface area contributed by atoms with Crippen LogP contribution in [0.3, 0.4) is 0 Å². The van der Waals surface area contributed by atoms with Gasteiger partial charge in [-0.05, 0) is 33.2 Å². The van der Waals surface area contributed by atoms with Gasteiger partial charge in [0.25, 0.3) is 0 Å². The summed E-state index contributed by atoms with van der Waals surface area (Å²) in [6, 6.07) is 0.917. The van der Waals surface area contributed by atoms with Crippen molar-refractivity contribution in [1.82, 2.24) is 15.5 Å². The first kappa shape index (κ1) is 16.4. The molecule has 5 nitrogen and oxygen atoms in total. The van der Waals surface area contributed by atoms with Crippen molar-refractivity contribution in [2.45, 2.75) is 45.2 Å². The molecule has 1 unspecified atom stereocenters. The number of carbonyl (C=O) groups is 1. The molecule has 1 aliphatic heterocycles. The molecule has 1 heterocycles. The molecule has 0 aromatic rings. The lowest BCUT2D eigenvalue weighted by molar-refractivity contribution is -0.123. The van der Waals surface area contributed by atoms with Crippen LogP contribution in [0, 0.1) is 0 Å². The Morgan fingerprint density at radius 2 is 2.26 bits per heavy atom. The molecule has 19 heavy (non-hydrogen) atoms. The van der Waals surface area contributed by atoms with Crippen molar-refractivity contribution >= 4 is 5.91 Å². The van der Waals surface area contributed by atoms with Gasteiger partial charge in [-0.3, -0.25) is 9.69 Å². The molecule has 0 bridgehead atoms. The van der Waals surface area contributed by atoms with Crippen LogP contribution in [-0.4, -0.2) is 62.8 Å². The minimum atomic E-state index is 0.0848. The third-order valence-corrected chi connectivity index (χ3v) is 3.57. The standard InChI is InChI=1S/C14H29N3O2/c1-12(2)17(10-13-6-4-5-7-15-13)11-14(18)16-8-9-19-3/h12-13,15H,4-11H2,1-3H3,(H,16,18). The van der Waals surface area contributed by atoms with Crippen LogP contribution in [0.2, 0.25) is 0 Å². The zero-order chi connectivity index (χ0) is 14.1. The number of ether oxygens (including phenoxy) is 1. The first-order valence-electron chi connectivity index (χ1n) is 7.36. The predicted octanol–water partition coefficient (Wildman–Crippen LogP) is 0.602. The lowest BCUT2D eigenvalue weighted by atomic mass is 10.0. The second kappa shape index (κ2) is 9.28. The van der Waals surface area contributed by atoms with Crippen molar-refractivity contribution in [3.8, 4) is 0 Å². The van der Waals surface area contributed by atoms with Gasteiger partial charge in [0.05, 0.1) is 13.2 Å². The zero-order valence-electron chi connectivity index (χ0n) is 12.6. The van der Waals surface area contributed by atoms with Crippen LogP contribution >= 0.6 is 0 Å². The van der Waals surface area contributed by atoms with Gasteiger partial charge in [-0.15, -0.1) is 0 Å². The van der Waals surface area contributed by atoms with Crippen LogP contribution in [0.1, 0.15) is 33.1 Å². The fourth-order valence-electron chi connectivity index (χ4n) is 2.35. The number of hydrogen-bond acceptors (Lipinski definition) is 4. The van der Waals surface area contributed by atoms with Gasteiger partial charge in [-0.25, -0.2) is 0 Å². The van der Waals surface area contributed by atoms with E-state index in [1.807, 2.05) is 0 Å². The van der Waals surface area contributed by atoms with E-state index in [4.69, 9.17) is 4.74 Å². The van der Waals surface area contributed by atoms with Crippen LogP contribution in [-0.2, 0) is 9.53 Å². The predicted molar refractivity (Wildman–Crippen MR) is 77.2 cm³/mol. The van der Waals surface area contributed by atoms with Gasteiger partial charge in [0.1, 0.15) is 0 Å². The second-order valence-corrected chi connectivity index (χ2v) is 5.51. The highest BCUT2D eigenvalue weighted by Crippen LogP contribution is 2.10. The summed E-state index contributed by atoms with van der Waals surface area (Å²) < 4.78 is 4.93. The summed E-state index contributed by atoms with van der Waals surface area (Å²) >= 11 is 0. The number of hydrogen-bond donors (Lipinski definition) is 2. The molecule has 5 heteroatoms. The summed E-state index contributed by atoms with van der Waals surface area (Å²) in [4.78, 5) is 14.1. The number of methoxy groups -OCH3 is 1. The van der Waals surface area contributed by atoms with Crippen LogP contribution < -0.4 is 10.6 Å². The Morgan fingerprint density at radius 1 is 1.47 bits per heavy atom. The number of rotatable bonds is 8. The maximum Gasteiger partial charge on any atom is 0.234 e. The first-order chi connectivity index (χ1) is 9.13. The van der Waals surface area contributed by atoms with Gasteiger partial charge in [0.15, 0.2) is 0 Å². The van der Waals surface area contributed by atoms with Crippen LogP contribution in [0.4, 0.5) is 0 Å². The van der Waals surface area contributed by atoms with Gasteiger partial charge in [-0.1, -0.05) is 6.42 Å². The van der Waals surface area contributed by atoms with Gasteiger partial charge in [-0.2, -0.15) is 0 Å². The smallest absolute Gasteiger partial charge is 0.234 e. The fourth-order valence-corrected chi connectivity index (χ4v) is 2.35. The Kier molecular flexibility index (Phi) is 8.02. The second-order valence-electron chi connectivity index (χ2n) is 5.51. The minimum Gasteiger partial charge on any atom is -0.383 e. The highest BCUT2D eigenvalue weighted by atomic mass is 16.5. The Morgan fingerprint density at radius 3 is 2.84 bits per heavy atom. The summed E-state index contributed by atoms with van der Waals surface area (Å²) in [6.45, 7) is 7.97. The van der Waals surface area contributed by atoms with Crippen molar-refractivity contribution in [2.75, 3.05) is 39.9 Å². The van der Waals surface area contributed by atoms with Gasteiger partial charge in [0, 0.05) is 32.3 Å². The molecule has 0 aromatic carbocycles. The van der Waals surface area contributed by atoms with Crippen molar-refractivity contribution in [3.63, 3.8) is 0 Å². The molecule has 1 aliphatic rings. The van der Waals surface area contributed by atoms with Gasteiger partial charge in [0.2, 0.25) is 5.91 Å². The Balaban J connectivity index is 2.32. The lowest BCUT2D eigenvalue weighted by Gasteiger charge is -2.32. The normalized spacial score (nSPS) is 19.9. The quantitative estimate of drug-likeness (QED) is 0.635. The van der Waals surface area contributed by atoms with E-state index in [0.717, 1.165) is 13.1 Å². The Labute approximate surface area is 117 Å². The molecule has 0 radical (unpaired) electrons. The van der Waals surface area contributed by atoms with Crippen LogP contribution in [0.5, 0.6) is 0 Å². The van der Waals surface area contributed by atoms with Crippen LogP contribution in [0.15, 0.2) is 0 Å². The van der Waals surface area contributed by atoms with Crippen molar-refractivity contribution in [3.05, 3.63) is 0 Å². The van der Waals surface area contributed by atoms with E-state index < -0.39 is 0 Å². The van der Waals surface area contributed by atoms with Crippen molar-refractivity contribution in [2.24, 2.45) is 0 Å². The molecular formula is C14H29N3O2. The van der Waals surface area contributed by atoms with E-state index in [1.54, 1.807) is 7.11 Å². The lowest BCUT2D eigenvalue weighted by Crippen LogP contribution is -2.49. The summed E-state index contributed by atoms with van der Waals surface area (Å²) in [5.74, 6) is 0.0848. The molecule has 0 saturated carbocycles. The SMILES string of the molecule is COCCNC(=O)CN(CC1CCCCN1)C(C)C. The summed E-state index contributed by atoms with van der Waals surface area (Å²) in [6.07, 6.45) is 3.79. The summed E-state index contributed by atoms with van der Waals surface area (Å²) in [5, 5.41) is 6.42. The van der Waals surface area contributed by atoms with E-state index >= 15 is 0 Å². The summed E-state index contributed by atoms with van der Waals surface area (Å²) in [5.41, 5.74) is 0. The van der Waals surface area contributed by atoms with E-state index in [0.29, 0.717) is 31.8 Å². The number of amides is 1. The largest absolute Gasteiger partial charge is 0.383 e. The monoisotopic (exact) mass is 271 g/mol. The molecule has 1 amide bonds. The molecule has 2 N–H and O–H groups in total. The van der Waals surface area contributed by atoms with Crippen LogP contribution in [0.25, 0.3) is 0 Å². The van der Waals surface area contributed by atoms with Crippen molar-refractivity contribution < 1.29 is 9.53 Å². The van der Waals surface area contributed by atoms with E-state index in [9.17, 15) is 4.79 Å². The maximum absolute atomic E-state index is 11.8. The third kappa shape index (κ3) is 6.89. The zero-order valence-corrected chi connectivity index (χ0v) is 12.6. The number of carbonyl (C=O) groups excluding carboxylic acids is 1. The number of piperidine rings is 1. The Bertz CT molecular complexity index is 253. The number of nitrogens with zero attached hydrogens (tertiary/aromatic N) is 1. The molecule has 1 rings (SSSR count). The maximum atomic E-state index is 11.8. The molecule has 1 fully saturated rings. The average Bonchev–Trinajstić information content (AvgIpc) is 2.39. The number of nitrogens with one attached hydrogen (secondary N) is 2. The molecule has 0 aromatic heterocycles. The average molecular weight is 271 g/mol. The topological polar surface area (TPSA) is 53.6 Å². The molecule has 0 aliphatic carbocycles. The molecule has 0 spiro atoms. The van der Waals surface area contributed by atoms with Gasteiger partial charge >= 0.3 is 0 Å². The van der Waals surface area contributed by atoms with E-state index in [2.05, 4.69) is 29.4 Å². The molecule has 1 atom stereocenters. The first-order valence-corrected chi connectivity index (χ1v) is 7.36. The third-order valence-electron chi connectivity index (χ3n) is 3.57. The highest BCUT2D eigenvalue weighted by Gasteiger charge is 2.20. The highest BCUT2D eigenvalue weighted by molar-refractivity contribution is 5.78. The molecule has 1 saturated heterocycles. The van der Waals surface area contributed by atoms with E-state index in [1.165, 1.54) is 19.3 Å². The molecular weight excluding hydrogens is 242 g/mol. The van der Waals surface area contributed by atoms with Gasteiger partial charge < -0.3 is 15.4 Å². The van der Waals surface area contributed by atoms with Crippen molar-refractivity contribution in [1.29, 1.82) is 0 Å². The fraction of sp³-hybridized carbons (Fsp3) is 0.929. The van der Waals surface area contributed by atoms with E-state index in [-0.39, 0.29) is 5.91 Å². The molecule has 112 valence electrons. The summed E-state index contributed by atoms with van der Waals surface area (Å²) in [7, 11) is 1.64. The Hall–Kier alpha value is -0.650.